The van der Waals surface area contributed by atoms with Crippen molar-refractivity contribution in [2.75, 3.05) is 31.1 Å². The molecule has 3 aliphatic rings. The molecule has 2 atom stereocenters. The summed E-state index contributed by atoms with van der Waals surface area (Å²) in [5, 5.41) is 3.49. The third-order valence-electron chi connectivity index (χ3n) is 6.58. The maximum absolute atomic E-state index is 14.0. The van der Waals surface area contributed by atoms with Gasteiger partial charge in [-0.3, -0.25) is 0 Å². The zero-order valence-electron chi connectivity index (χ0n) is 17.4. The van der Waals surface area contributed by atoms with E-state index < -0.39 is 11.7 Å². The first-order chi connectivity index (χ1) is 14.3. The highest BCUT2D eigenvalue weighted by molar-refractivity contribution is 5.77. The van der Waals surface area contributed by atoms with E-state index in [0.717, 1.165) is 45.1 Å². The van der Waals surface area contributed by atoms with Gasteiger partial charge in [0.25, 0.3) is 0 Å². The lowest BCUT2D eigenvalue weighted by Crippen LogP contribution is -2.41. The predicted octanol–water partition coefficient (Wildman–Crippen LogP) is 5.23. The molecule has 1 fully saturated rings. The number of alkyl halides is 3. The minimum Gasteiger partial charge on any atom is -0.491 e. The van der Waals surface area contributed by atoms with Crippen molar-refractivity contribution in [2.24, 2.45) is 5.92 Å². The lowest BCUT2D eigenvalue weighted by atomic mass is 9.78. The van der Waals surface area contributed by atoms with Crippen LogP contribution in [-0.2, 0) is 12.6 Å². The summed E-state index contributed by atoms with van der Waals surface area (Å²) in [6.45, 7) is 7.60. The van der Waals surface area contributed by atoms with Crippen LogP contribution in [-0.4, -0.2) is 32.3 Å². The maximum Gasteiger partial charge on any atom is 0.417 e. The SMILES string of the molecule is CC(C)Oc1ccc(-c2cc3c4c(c2)C2CNCC2CN4CCC3)c(C(F)(F)F)c1. The number of nitrogens with one attached hydrogen (secondary N) is 1. The molecule has 5 rings (SSSR count). The minimum atomic E-state index is -4.44. The molecule has 3 nitrogen and oxygen atoms in total. The van der Waals surface area contributed by atoms with E-state index in [2.05, 4.69) is 10.2 Å². The average Bonchev–Trinajstić information content (AvgIpc) is 3.15. The van der Waals surface area contributed by atoms with Crippen LogP contribution in [0.2, 0.25) is 0 Å². The molecule has 2 unspecified atom stereocenters. The van der Waals surface area contributed by atoms with Crippen molar-refractivity contribution in [3.05, 3.63) is 47.0 Å². The van der Waals surface area contributed by atoms with E-state index in [1.807, 2.05) is 26.0 Å². The molecular formula is C24H27F3N2O. The summed E-state index contributed by atoms with van der Waals surface area (Å²) >= 11 is 0. The standard InChI is InChI=1S/C24H27F3N2O/c1-14(2)30-18-5-6-19(22(10-18)24(25,26)27)16-8-15-4-3-7-29-13-17-11-28-12-21(17)20(9-16)23(15)29/h5-6,8-10,14,17,21,28H,3-4,7,11-13H2,1-2H3. The molecule has 160 valence electrons. The molecule has 2 aromatic carbocycles. The van der Waals surface area contributed by atoms with Gasteiger partial charge in [-0.1, -0.05) is 6.07 Å². The number of aryl methyl sites for hydroxylation is 1. The van der Waals surface area contributed by atoms with Crippen molar-refractivity contribution >= 4 is 5.69 Å². The molecule has 0 radical (unpaired) electrons. The number of halogens is 3. The van der Waals surface area contributed by atoms with Crippen LogP contribution in [0.1, 0.15) is 42.9 Å². The van der Waals surface area contributed by atoms with E-state index in [0.29, 0.717) is 17.4 Å². The summed E-state index contributed by atoms with van der Waals surface area (Å²) < 4.78 is 47.5. The molecule has 3 aliphatic heterocycles. The second-order valence-electron chi connectivity index (χ2n) is 9.02. The van der Waals surface area contributed by atoms with Gasteiger partial charge in [-0.15, -0.1) is 0 Å². The molecule has 1 saturated heterocycles. The Hall–Kier alpha value is -2.21. The molecule has 1 N–H and O–H groups in total. The van der Waals surface area contributed by atoms with Gasteiger partial charge in [-0.05, 0) is 79.1 Å². The van der Waals surface area contributed by atoms with Gasteiger partial charge in [-0.25, -0.2) is 0 Å². The number of nitrogens with zero attached hydrogens (tertiary/aromatic N) is 1. The summed E-state index contributed by atoms with van der Waals surface area (Å²) in [6, 6.07) is 8.38. The topological polar surface area (TPSA) is 24.5 Å². The van der Waals surface area contributed by atoms with Crippen LogP contribution in [0.4, 0.5) is 18.9 Å². The summed E-state index contributed by atoms with van der Waals surface area (Å²) in [7, 11) is 0. The van der Waals surface area contributed by atoms with Crippen LogP contribution < -0.4 is 15.0 Å². The first-order valence-electron chi connectivity index (χ1n) is 10.8. The van der Waals surface area contributed by atoms with Crippen LogP contribution in [0.15, 0.2) is 30.3 Å². The van der Waals surface area contributed by atoms with Gasteiger partial charge < -0.3 is 15.0 Å². The number of hydrogen-bond donors (Lipinski definition) is 1. The zero-order chi connectivity index (χ0) is 21.0. The molecule has 0 aliphatic carbocycles. The Morgan fingerprint density at radius 2 is 1.97 bits per heavy atom. The molecule has 0 aromatic heterocycles. The van der Waals surface area contributed by atoms with Gasteiger partial charge >= 0.3 is 6.18 Å². The normalized spacial score (nSPS) is 22.8. The van der Waals surface area contributed by atoms with Gasteiger partial charge in [0.05, 0.1) is 11.7 Å². The Kier molecular flexibility index (Phi) is 4.73. The molecule has 30 heavy (non-hydrogen) atoms. The molecule has 0 saturated carbocycles. The van der Waals surface area contributed by atoms with Crippen molar-refractivity contribution < 1.29 is 17.9 Å². The van der Waals surface area contributed by atoms with E-state index in [4.69, 9.17) is 4.74 Å². The highest BCUT2D eigenvalue weighted by atomic mass is 19.4. The molecule has 0 spiro atoms. The van der Waals surface area contributed by atoms with Crippen molar-refractivity contribution in [1.82, 2.24) is 5.32 Å². The third-order valence-corrected chi connectivity index (χ3v) is 6.58. The Bertz CT molecular complexity index is 970. The van der Waals surface area contributed by atoms with Gasteiger partial charge in [0.15, 0.2) is 0 Å². The number of rotatable bonds is 3. The molecular weight excluding hydrogens is 389 g/mol. The zero-order valence-corrected chi connectivity index (χ0v) is 17.4. The number of anilines is 1. The van der Waals surface area contributed by atoms with Crippen LogP contribution in [0.5, 0.6) is 5.75 Å². The largest absolute Gasteiger partial charge is 0.491 e. The van der Waals surface area contributed by atoms with E-state index in [1.165, 1.54) is 16.8 Å². The van der Waals surface area contributed by atoms with Crippen LogP contribution in [0.3, 0.4) is 0 Å². The highest BCUT2D eigenvalue weighted by Crippen LogP contribution is 2.48. The van der Waals surface area contributed by atoms with Crippen LogP contribution in [0.25, 0.3) is 11.1 Å². The predicted molar refractivity (Wildman–Crippen MR) is 112 cm³/mol. The van der Waals surface area contributed by atoms with Gasteiger partial charge in [0.1, 0.15) is 5.75 Å². The van der Waals surface area contributed by atoms with Crippen molar-refractivity contribution in [3.63, 3.8) is 0 Å². The molecule has 6 heteroatoms. The number of hydrogen-bond acceptors (Lipinski definition) is 3. The monoisotopic (exact) mass is 416 g/mol. The molecule has 2 aromatic rings. The smallest absolute Gasteiger partial charge is 0.417 e. The van der Waals surface area contributed by atoms with Crippen LogP contribution >= 0.6 is 0 Å². The number of benzene rings is 2. The minimum absolute atomic E-state index is 0.178. The van der Waals surface area contributed by atoms with Crippen molar-refractivity contribution in [3.8, 4) is 16.9 Å². The second kappa shape index (κ2) is 7.19. The summed E-state index contributed by atoms with van der Waals surface area (Å²) in [5.74, 6) is 1.17. The highest BCUT2D eigenvalue weighted by Gasteiger charge is 2.40. The number of fused-ring (bicyclic) bond motifs is 2. The average molecular weight is 416 g/mol. The Morgan fingerprint density at radius 1 is 1.13 bits per heavy atom. The Balaban J connectivity index is 1.66. The Labute approximate surface area is 175 Å². The molecule has 3 heterocycles. The molecule has 0 bridgehead atoms. The quantitative estimate of drug-likeness (QED) is 0.742. The molecule has 0 amide bonds. The van der Waals surface area contributed by atoms with E-state index in [1.54, 1.807) is 12.1 Å². The van der Waals surface area contributed by atoms with Gasteiger partial charge in [0.2, 0.25) is 0 Å². The first-order valence-corrected chi connectivity index (χ1v) is 10.8. The fourth-order valence-electron chi connectivity index (χ4n) is 5.42. The fourth-order valence-corrected chi connectivity index (χ4v) is 5.42. The van der Waals surface area contributed by atoms with E-state index >= 15 is 0 Å². The lowest BCUT2D eigenvalue weighted by molar-refractivity contribution is -0.137. The fraction of sp³-hybridized carbons (Fsp3) is 0.500. The van der Waals surface area contributed by atoms with Crippen LogP contribution in [0, 0.1) is 5.92 Å². The first kappa shape index (κ1) is 19.7. The summed E-state index contributed by atoms with van der Waals surface area (Å²) in [5.41, 5.74) is 3.97. The third kappa shape index (κ3) is 3.35. The second-order valence-corrected chi connectivity index (χ2v) is 9.02. The van der Waals surface area contributed by atoms with Crippen molar-refractivity contribution in [2.45, 2.75) is 44.9 Å². The summed E-state index contributed by atoms with van der Waals surface area (Å²) in [4.78, 5) is 2.45. The lowest BCUT2D eigenvalue weighted by Gasteiger charge is -2.42. The maximum atomic E-state index is 14.0. The van der Waals surface area contributed by atoms with Gasteiger partial charge in [0, 0.05) is 37.8 Å². The van der Waals surface area contributed by atoms with E-state index in [9.17, 15) is 13.2 Å². The Morgan fingerprint density at radius 3 is 2.73 bits per heavy atom. The van der Waals surface area contributed by atoms with Crippen molar-refractivity contribution in [1.29, 1.82) is 0 Å². The van der Waals surface area contributed by atoms with E-state index in [-0.39, 0.29) is 17.4 Å². The number of ether oxygens (including phenoxy) is 1. The summed E-state index contributed by atoms with van der Waals surface area (Å²) in [6.07, 6.45) is -2.65. The van der Waals surface area contributed by atoms with Gasteiger partial charge in [-0.2, -0.15) is 13.2 Å².